The van der Waals surface area contributed by atoms with Crippen LogP contribution in [-0.2, 0) is 20.6 Å². The Hall–Kier alpha value is -1.52. The lowest BCUT2D eigenvalue weighted by Crippen LogP contribution is -2.05. The van der Waals surface area contributed by atoms with E-state index >= 15 is 0 Å². The molecule has 0 aliphatic heterocycles. The van der Waals surface area contributed by atoms with Gasteiger partial charge in [0.15, 0.2) is 13.6 Å². The van der Waals surface area contributed by atoms with Crippen LogP contribution in [0.2, 0.25) is 0 Å². The Bertz CT molecular complexity index is 440. The highest BCUT2D eigenvalue weighted by Gasteiger charge is 2.20. The predicted octanol–water partition coefficient (Wildman–Crippen LogP) is 2.97. The van der Waals surface area contributed by atoms with E-state index in [4.69, 9.17) is 18.9 Å². The molecule has 0 saturated heterocycles. The maximum atomic E-state index is 5.64. The molecule has 4 nitrogen and oxygen atoms in total. The first kappa shape index (κ1) is 13.9. The van der Waals surface area contributed by atoms with Gasteiger partial charge >= 0.3 is 0 Å². The normalized spacial score (nSPS) is 13.1. The number of ether oxygens (including phenoxy) is 4. The van der Waals surface area contributed by atoms with E-state index in [1.54, 1.807) is 0 Å². The molecular weight excluding hydrogens is 244 g/mol. The molecule has 4 heteroatoms. The van der Waals surface area contributed by atoms with Gasteiger partial charge in [-0.05, 0) is 38.0 Å². The SMILES string of the molecule is CCOCOC1=CCc2cccc(OCOCC)c21. The van der Waals surface area contributed by atoms with E-state index in [1.807, 2.05) is 26.0 Å². The topological polar surface area (TPSA) is 36.9 Å². The summed E-state index contributed by atoms with van der Waals surface area (Å²) in [5, 5.41) is 0. The van der Waals surface area contributed by atoms with Crippen LogP contribution < -0.4 is 4.74 Å². The molecule has 19 heavy (non-hydrogen) atoms. The molecule has 1 aromatic rings. The van der Waals surface area contributed by atoms with E-state index in [9.17, 15) is 0 Å². The highest BCUT2D eigenvalue weighted by atomic mass is 16.7. The van der Waals surface area contributed by atoms with Crippen LogP contribution in [0.4, 0.5) is 0 Å². The minimum Gasteiger partial charge on any atom is -0.467 e. The Labute approximate surface area is 113 Å². The average molecular weight is 264 g/mol. The summed E-state index contributed by atoms with van der Waals surface area (Å²) in [7, 11) is 0. The largest absolute Gasteiger partial charge is 0.467 e. The van der Waals surface area contributed by atoms with Gasteiger partial charge in [0.1, 0.15) is 11.5 Å². The van der Waals surface area contributed by atoms with Crippen molar-refractivity contribution in [2.75, 3.05) is 26.8 Å². The fraction of sp³-hybridized carbons (Fsp3) is 0.467. The van der Waals surface area contributed by atoms with Crippen LogP contribution in [0.15, 0.2) is 24.3 Å². The second-order valence-electron chi connectivity index (χ2n) is 4.07. The Morgan fingerprint density at radius 1 is 1.00 bits per heavy atom. The van der Waals surface area contributed by atoms with Crippen molar-refractivity contribution in [1.82, 2.24) is 0 Å². The van der Waals surface area contributed by atoms with Crippen molar-refractivity contribution in [1.29, 1.82) is 0 Å². The molecule has 0 fully saturated rings. The Morgan fingerprint density at radius 3 is 2.47 bits per heavy atom. The first-order valence-corrected chi connectivity index (χ1v) is 6.60. The third-order valence-electron chi connectivity index (χ3n) is 2.87. The van der Waals surface area contributed by atoms with Gasteiger partial charge in [-0.2, -0.15) is 0 Å². The summed E-state index contributed by atoms with van der Waals surface area (Å²) in [5.41, 5.74) is 2.22. The molecule has 1 aromatic carbocycles. The van der Waals surface area contributed by atoms with Crippen LogP contribution in [0.3, 0.4) is 0 Å². The zero-order valence-electron chi connectivity index (χ0n) is 11.5. The summed E-state index contributed by atoms with van der Waals surface area (Å²) < 4.78 is 21.7. The predicted molar refractivity (Wildman–Crippen MR) is 72.8 cm³/mol. The minimum atomic E-state index is 0.256. The van der Waals surface area contributed by atoms with Gasteiger partial charge in [0.05, 0.1) is 5.56 Å². The zero-order chi connectivity index (χ0) is 13.5. The average Bonchev–Trinajstić information content (AvgIpc) is 2.84. The third kappa shape index (κ3) is 3.49. The maximum Gasteiger partial charge on any atom is 0.189 e. The number of fused-ring (bicyclic) bond motifs is 1. The second-order valence-corrected chi connectivity index (χ2v) is 4.07. The smallest absolute Gasteiger partial charge is 0.189 e. The lowest BCUT2D eigenvalue weighted by Gasteiger charge is -2.14. The Morgan fingerprint density at radius 2 is 1.74 bits per heavy atom. The van der Waals surface area contributed by atoms with Crippen LogP contribution in [0.1, 0.15) is 25.0 Å². The van der Waals surface area contributed by atoms with Crippen LogP contribution in [-0.4, -0.2) is 26.8 Å². The molecule has 2 rings (SSSR count). The molecule has 0 heterocycles. The molecule has 1 aliphatic rings. The van der Waals surface area contributed by atoms with E-state index in [0.29, 0.717) is 13.2 Å². The standard InChI is InChI=1S/C15H20O4/c1-3-16-10-18-13-7-5-6-12-8-9-14(15(12)13)19-11-17-4-2/h5-7,9H,3-4,8,10-11H2,1-2H3. The van der Waals surface area contributed by atoms with Crippen molar-refractivity contribution >= 4 is 5.76 Å². The number of rotatable bonds is 8. The maximum absolute atomic E-state index is 5.64. The summed E-state index contributed by atoms with van der Waals surface area (Å²) in [6.45, 7) is 5.68. The highest BCUT2D eigenvalue weighted by molar-refractivity contribution is 5.73. The van der Waals surface area contributed by atoms with Crippen molar-refractivity contribution in [2.24, 2.45) is 0 Å². The highest BCUT2D eigenvalue weighted by Crippen LogP contribution is 2.35. The summed E-state index contributed by atoms with van der Waals surface area (Å²) in [5.74, 6) is 1.63. The van der Waals surface area contributed by atoms with E-state index in [2.05, 4.69) is 12.1 Å². The van der Waals surface area contributed by atoms with Gasteiger partial charge in [0.2, 0.25) is 0 Å². The molecule has 0 N–H and O–H groups in total. The van der Waals surface area contributed by atoms with E-state index < -0.39 is 0 Å². The molecule has 0 radical (unpaired) electrons. The van der Waals surface area contributed by atoms with Gasteiger partial charge in [-0.15, -0.1) is 0 Å². The number of allylic oxidation sites excluding steroid dienone is 1. The molecule has 0 amide bonds. The fourth-order valence-electron chi connectivity index (χ4n) is 1.96. The van der Waals surface area contributed by atoms with Crippen molar-refractivity contribution in [3.8, 4) is 5.75 Å². The van der Waals surface area contributed by atoms with Crippen LogP contribution in [0.5, 0.6) is 5.75 Å². The van der Waals surface area contributed by atoms with E-state index in [0.717, 1.165) is 23.5 Å². The summed E-state index contributed by atoms with van der Waals surface area (Å²) in [6, 6.07) is 6.00. The van der Waals surface area contributed by atoms with Crippen molar-refractivity contribution in [2.45, 2.75) is 20.3 Å². The summed E-state index contributed by atoms with van der Waals surface area (Å²) in [4.78, 5) is 0. The van der Waals surface area contributed by atoms with Gasteiger partial charge in [-0.1, -0.05) is 12.1 Å². The first-order valence-electron chi connectivity index (χ1n) is 6.60. The van der Waals surface area contributed by atoms with Crippen molar-refractivity contribution in [3.05, 3.63) is 35.4 Å². The minimum absolute atomic E-state index is 0.256. The first-order chi connectivity index (χ1) is 9.36. The van der Waals surface area contributed by atoms with Crippen LogP contribution >= 0.6 is 0 Å². The molecule has 0 spiro atoms. The Kier molecular flexibility index (Phi) is 5.24. The molecular formula is C15H20O4. The molecule has 0 bridgehead atoms. The summed E-state index contributed by atoms with van der Waals surface area (Å²) >= 11 is 0. The van der Waals surface area contributed by atoms with Crippen LogP contribution in [0.25, 0.3) is 5.76 Å². The monoisotopic (exact) mass is 264 g/mol. The third-order valence-corrected chi connectivity index (χ3v) is 2.87. The van der Waals surface area contributed by atoms with Gasteiger partial charge < -0.3 is 18.9 Å². The van der Waals surface area contributed by atoms with Crippen LogP contribution in [0, 0.1) is 0 Å². The lowest BCUT2D eigenvalue weighted by molar-refractivity contribution is 0.00422. The fourth-order valence-corrected chi connectivity index (χ4v) is 1.96. The quantitative estimate of drug-likeness (QED) is 0.534. The van der Waals surface area contributed by atoms with Gasteiger partial charge in [0, 0.05) is 13.2 Å². The number of hydrogen-bond donors (Lipinski definition) is 0. The van der Waals surface area contributed by atoms with Crippen molar-refractivity contribution in [3.63, 3.8) is 0 Å². The van der Waals surface area contributed by atoms with E-state index in [1.165, 1.54) is 5.56 Å². The van der Waals surface area contributed by atoms with E-state index in [-0.39, 0.29) is 13.6 Å². The molecule has 104 valence electrons. The second kappa shape index (κ2) is 7.16. The Balaban J connectivity index is 2.06. The van der Waals surface area contributed by atoms with Gasteiger partial charge in [0.25, 0.3) is 0 Å². The lowest BCUT2D eigenvalue weighted by atomic mass is 10.1. The molecule has 0 saturated carbocycles. The zero-order valence-corrected chi connectivity index (χ0v) is 11.5. The van der Waals surface area contributed by atoms with Crippen molar-refractivity contribution < 1.29 is 18.9 Å². The molecule has 0 unspecified atom stereocenters. The number of hydrogen-bond acceptors (Lipinski definition) is 4. The van der Waals surface area contributed by atoms with Gasteiger partial charge in [-0.3, -0.25) is 0 Å². The summed E-state index contributed by atoms with van der Waals surface area (Å²) in [6.07, 6.45) is 2.92. The molecule has 0 aromatic heterocycles. The molecule has 1 aliphatic carbocycles. The number of benzene rings is 1. The van der Waals surface area contributed by atoms with Gasteiger partial charge in [-0.25, -0.2) is 0 Å². The molecule has 0 atom stereocenters.